The van der Waals surface area contributed by atoms with Crippen LogP contribution in [-0.2, 0) is 16.0 Å². The molecule has 0 aliphatic heterocycles. The molecule has 7 heteroatoms. The lowest BCUT2D eigenvalue weighted by Gasteiger charge is -2.09. The first kappa shape index (κ1) is 15.3. The molecule has 0 aliphatic rings. The van der Waals surface area contributed by atoms with E-state index in [0.29, 0.717) is 35.5 Å². The van der Waals surface area contributed by atoms with Crippen molar-refractivity contribution in [1.82, 2.24) is 9.55 Å². The van der Waals surface area contributed by atoms with Gasteiger partial charge in [-0.2, -0.15) is 0 Å². The second kappa shape index (κ2) is 7.05. The number of pyridine rings is 1. The number of hydrogen-bond acceptors (Lipinski definition) is 6. The molecule has 0 spiro atoms. The number of aliphatic hydroxyl groups is 1. The highest BCUT2D eigenvalue weighted by Crippen LogP contribution is 2.28. The fraction of sp³-hybridized carbons (Fsp3) is 0.429. The summed E-state index contributed by atoms with van der Waals surface area (Å²) in [7, 11) is 2.94. The topological polar surface area (TPSA) is 82.8 Å². The third-order valence-corrected chi connectivity index (χ3v) is 3.02. The molecule has 2 rings (SSSR count). The number of rotatable bonds is 7. The summed E-state index contributed by atoms with van der Waals surface area (Å²) >= 11 is 0. The van der Waals surface area contributed by atoms with Gasteiger partial charge in [0.1, 0.15) is 12.1 Å². The molecule has 2 aromatic rings. The van der Waals surface area contributed by atoms with Gasteiger partial charge in [0, 0.05) is 31.4 Å². The molecule has 0 atom stereocenters. The Hall–Kier alpha value is -2.12. The number of carbonyl (C=O) groups excluding carboxylic acids is 1. The highest BCUT2D eigenvalue weighted by molar-refractivity contribution is 6.05. The van der Waals surface area contributed by atoms with E-state index >= 15 is 0 Å². The van der Waals surface area contributed by atoms with Gasteiger partial charge in [0.05, 0.1) is 25.9 Å². The highest BCUT2D eigenvalue weighted by Gasteiger charge is 2.19. The third-order valence-electron chi connectivity index (χ3n) is 3.02. The molecule has 0 radical (unpaired) electrons. The van der Waals surface area contributed by atoms with E-state index in [-0.39, 0.29) is 13.2 Å². The number of hydrogen-bond donors (Lipinski definition) is 1. The molecule has 114 valence electrons. The molecule has 0 amide bonds. The molecule has 2 aromatic heterocycles. The van der Waals surface area contributed by atoms with Crippen molar-refractivity contribution in [2.75, 3.05) is 34.0 Å². The van der Waals surface area contributed by atoms with E-state index in [1.807, 2.05) is 4.57 Å². The summed E-state index contributed by atoms with van der Waals surface area (Å²) in [6.07, 6.45) is 3.26. The zero-order valence-corrected chi connectivity index (χ0v) is 12.0. The number of esters is 1. The number of ether oxygens (including phenoxy) is 3. The maximum absolute atomic E-state index is 11.9. The smallest absolute Gasteiger partial charge is 0.340 e. The van der Waals surface area contributed by atoms with Gasteiger partial charge >= 0.3 is 5.97 Å². The average Bonchev–Trinajstić information content (AvgIpc) is 2.89. The molecule has 7 nitrogen and oxygen atoms in total. The van der Waals surface area contributed by atoms with Gasteiger partial charge in [0.2, 0.25) is 5.88 Å². The van der Waals surface area contributed by atoms with E-state index in [9.17, 15) is 4.79 Å². The Morgan fingerprint density at radius 3 is 2.86 bits per heavy atom. The second-order valence-corrected chi connectivity index (χ2v) is 4.30. The molecule has 0 aliphatic carbocycles. The summed E-state index contributed by atoms with van der Waals surface area (Å²) < 4.78 is 17.2. The number of aromatic nitrogens is 2. The Kier molecular flexibility index (Phi) is 5.13. The maximum Gasteiger partial charge on any atom is 0.340 e. The number of nitrogens with zero attached hydrogens (tertiary/aromatic N) is 2. The Morgan fingerprint density at radius 1 is 1.38 bits per heavy atom. The normalized spacial score (nSPS) is 10.8. The fourth-order valence-electron chi connectivity index (χ4n) is 2.11. The van der Waals surface area contributed by atoms with Crippen molar-refractivity contribution in [2.24, 2.45) is 0 Å². The van der Waals surface area contributed by atoms with Crippen molar-refractivity contribution < 1.29 is 24.1 Å². The summed E-state index contributed by atoms with van der Waals surface area (Å²) in [6, 6.07) is 1.73. The van der Waals surface area contributed by atoms with E-state index in [0.717, 1.165) is 0 Å². The number of methoxy groups -OCH3 is 2. The molecule has 0 aromatic carbocycles. The number of aliphatic hydroxyl groups excluding tert-OH is 1. The van der Waals surface area contributed by atoms with E-state index in [1.165, 1.54) is 7.11 Å². The van der Waals surface area contributed by atoms with Crippen molar-refractivity contribution in [2.45, 2.75) is 6.54 Å². The summed E-state index contributed by atoms with van der Waals surface area (Å²) in [6.45, 7) is 1.06. The Bertz CT molecular complexity index is 623. The minimum Gasteiger partial charge on any atom is -0.474 e. The molecular weight excluding hydrogens is 276 g/mol. The zero-order chi connectivity index (χ0) is 15.2. The molecule has 0 fully saturated rings. The van der Waals surface area contributed by atoms with E-state index < -0.39 is 5.97 Å². The standard InChI is InChI=1S/C14H18N2O5/c1-19-7-5-16-9-11(14(18)20-2)10-3-4-15-13(12(10)16)21-8-6-17/h3-4,9,17H,5-8H2,1-2H3. The van der Waals surface area contributed by atoms with Gasteiger partial charge in [0.25, 0.3) is 0 Å². The molecule has 0 unspecified atom stereocenters. The van der Waals surface area contributed by atoms with Crippen LogP contribution < -0.4 is 4.74 Å². The lowest BCUT2D eigenvalue weighted by molar-refractivity contribution is 0.0602. The fourth-order valence-corrected chi connectivity index (χ4v) is 2.11. The quantitative estimate of drug-likeness (QED) is 0.762. The predicted molar refractivity (Wildman–Crippen MR) is 75.5 cm³/mol. The third kappa shape index (κ3) is 3.14. The summed E-state index contributed by atoms with van der Waals surface area (Å²) in [5, 5.41) is 9.58. The van der Waals surface area contributed by atoms with Crippen molar-refractivity contribution in [3.05, 3.63) is 24.0 Å². The first-order chi connectivity index (χ1) is 10.2. The lowest BCUT2D eigenvalue weighted by atomic mass is 10.2. The van der Waals surface area contributed by atoms with Crippen molar-refractivity contribution >= 4 is 16.9 Å². The summed E-state index contributed by atoms with van der Waals surface area (Å²) in [4.78, 5) is 16.0. The monoisotopic (exact) mass is 294 g/mol. The summed E-state index contributed by atoms with van der Waals surface area (Å²) in [5.74, 6) is -0.0525. The van der Waals surface area contributed by atoms with Gasteiger partial charge in [-0.05, 0) is 6.07 Å². The first-order valence-corrected chi connectivity index (χ1v) is 6.51. The van der Waals surface area contributed by atoms with Crippen LogP contribution in [0.3, 0.4) is 0 Å². The minimum atomic E-state index is -0.421. The van der Waals surface area contributed by atoms with Gasteiger partial charge in [-0.15, -0.1) is 0 Å². The van der Waals surface area contributed by atoms with Crippen LogP contribution in [0.1, 0.15) is 10.4 Å². The Balaban J connectivity index is 2.54. The summed E-state index contributed by atoms with van der Waals surface area (Å²) in [5.41, 5.74) is 1.13. The molecule has 0 saturated heterocycles. The predicted octanol–water partition coefficient (Wildman–Crippen LogP) is 0.840. The SMILES string of the molecule is COCCn1cc(C(=O)OC)c2ccnc(OCCO)c21. The Labute approximate surface area is 122 Å². The van der Waals surface area contributed by atoms with Crippen molar-refractivity contribution in [3.63, 3.8) is 0 Å². The van der Waals surface area contributed by atoms with Gasteiger partial charge in [-0.1, -0.05) is 0 Å². The first-order valence-electron chi connectivity index (χ1n) is 6.51. The zero-order valence-electron chi connectivity index (χ0n) is 12.0. The van der Waals surface area contributed by atoms with Crippen LogP contribution >= 0.6 is 0 Å². The number of fused-ring (bicyclic) bond motifs is 1. The second-order valence-electron chi connectivity index (χ2n) is 4.30. The van der Waals surface area contributed by atoms with Crippen molar-refractivity contribution in [1.29, 1.82) is 0 Å². The van der Waals surface area contributed by atoms with Gasteiger partial charge < -0.3 is 23.9 Å². The van der Waals surface area contributed by atoms with Gasteiger partial charge in [0.15, 0.2) is 0 Å². The molecule has 1 N–H and O–H groups in total. The number of carbonyl (C=O) groups is 1. The van der Waals surface area contributed by atoms with E-state index in [2.05, 4.69) is 4.98 Å². The minimum absolute atomic E-state index is 0.110. The van der Waals surface area contributed by atoms with E-state index in [1.54, 1.807) is 25.6 Å². The molecule has 21 heavy (non-hydrogen) atoms. The van der Waals surface area contributed by atoms with Gasteiger partial charge in [-0.25, -0.2) is 9.78 Å². The maximum atomic E-state index is 11.9. The highest BCUT2D eigenvalue weighted by atomic mass is 16.5. The lowest BCUT2D eigenvalue weighted by Crippen LogP contribution is -2.07. The molecule has 0 bridgehead atoms. The Morgan fingerprint density at radius 2 is 2.19 bits per heavy atom. The van der Waals surface area contributed by atoms with Crippen LogP contribution in [0.15, 0.2) is 18.5 Å². The van der Waals surface area contributed by atoms with Crippen molar-refractivity contribution in [3.8, 4) is 5.88 Å². The largest absolute Gasteiger partial charge is 0.474 e. The van der Waals surface area contributed by atoms with Crippen LogP contribution in [0, 0.1) is 0 Å². The van der Waals surface area contributed by atoms with Crippen LogP contribution in [0.4, 0.5) is 0 Å². The van der Waals surface area contributed by atoms with Gasteiger partial charge in [-0.3, -0.25) is 0 Å². The molecular formula is C14H18N2O5. The molecule has 0 saturated carbocycles. The average molecular weight is 294 g/mol. The van der Waals surface area contributed by atoms with Crippen LogP contribution in [0.25, 0.3) is 10.9 Å². The van der Waals surface area contributed by atoms with Crippen LogP contribution in [-0.4, -0.2) is 54.7 Å². The van der Waals surface area contributed by atoms with Crippen LogP contribution in [0.5, 0.6) is 5.88 Å². The van der Waals surface area contributed by atoms with Crippen LogP contribution in [0.2, 0.25) is 0 Å². The van der Waals surface area contributed by atoms with E-state index in [4.69, 9.17) is 19.3 Å². The molecule has 2 heterocycles.